The molecule has 0 saturated carbocycles. The number of carbonyl (C=O) groups excluding carboxylic acids is 2. The minimum Gasteiger partial charge on any atom is -0.480 e. The molecule has 0 fully saturated rings. The molecule has 2 amide bonds. The number of carboxylic acids is 1. The Bertz CT molecular complexity index is 1170. The van der Waals surface area contributed by atoms with E-state index in [4.69, 9.17) is 10.8 Å². The number of carbonyl (C=O) groups is 3. The van der Waals surface area contributed by atoms with Crippen LogP contribution < -0.4 is 11.1 Å². The zero-order chi connectivity index (χ0) is 25.4. The van der Waals surface area contributed by atoms with Gasteiger partial charge in [0.05, 0.1) is 0 Å². The number of benzene rings is 2. The van der Waals surface area contributed by atoms with Crippen LogP contribution in [0.25, 0.3) is 10.9 Å². The lowest BCUT2D eigenvalue weighted by Crippen LogP contribution is -2.41. The molecule has 0 saturated heterocycles. The third kappa shape index (κ3) is 6.48. The van der Waals surface area contributed by atoms with E-state index in [1.54, 1.807) is 30.3 Å². The third-order valence-electron chi connectivity index (χ3n) is 6.17. The van der Waals surface area contributed by atoms with Gasteiger partial charge in [0.2, 0.25) is 5.91 Å². The number of amides is 2. The van der Waals surface area contributed by atoms with Gasteiger partial charge in [0.1, 0.15) is 6.54 Å². The lowest BCUT2D eigenvalue weighted by Gasteiger charge is -2.34. The second kappa shape index (κ2) is 12.2. The van der Waals surface area contributed by atoms with Crippen molar-refractivity contribution in [1.82, 2.24) is 15.2 Å². The smallest absolute Gasteiger partial charge is 0.322 e. The normalized spacial score (nSPS) is 14.3. The quantitative estimate of drug-likeness (QED) is 0.375. The molecule has 8 nitrogen and oxygen atoms in total. The van der Waals surface area contributed by atoms with E-state index in [2.05, 4.69) is 35.2 Å². The summed E-state index contributed by atoms with van der Waals surface area (Å²) in [5.74, 6) is -1.74. The molecule has 186 valence electrons. The molecule has 3 aromatic rings. The molecule has 0 spiro atoms. The van der Waals surface area contributed by atoms with Gasteiger partial charge in [-0.2, -0.15) is 0 Å². The molecular formula is C27H34N4O4. The summed E-state index contributed by atoms with van der Waals surface area (Å²) >= 11 is 0. The number of primary amides is 1. The van der Waals surface area contributed by atoms with Gasteiger partial charge in [-0.1, -0.05) is 32.0 Å². The highest BCUT2D eigenvalue weighted by molar-refractivity contribution is 6.01. The average Bonchev–Trinajstić information content (AvgIpc) is 3.27. The van der Waals surface area contributed by atoms with Crippen LogP contribution in [0.5, 0.6) is 0 Å². The van der Waals surface area contributed by atoms with Crippen LogP contribution in [0.4, 0.5) is 0 Å². The Morgan fingerprint density at radius 2 is 1.74 bits per heavy atom. The molecule has 1 aromatic heterocycles. The maximum absolute atomic E-state index is 11.8. The lowest BCUT2D eigenvalue weighted by atomic mass is 9.85. The summed E-state index contributed by atoms with van der Waals surface area (Å²) in [7, 11) is 0. The number of nitrogens with two attached hydrogens (primary N) is 1. The molecule has 0 unspecified atom stereocenters. The van der Waals surface area contributed by atoms with E-state index in [-0.39, 0.29) is 18.4 Å². The van der Waals surface area contributed by atoms with Gasteiger partial charge in [0.25, 0.3) is 5.91 Å². The molecule has 1 atom stereocenters. The van der Waals surface area contributed by atoms with Crippen molar-refractivity contribution in [3.63, 3.8) is 0 Å². The number of H-pyrrole nitrogens is 1. The van der Waals surface area contributed by atoms with Crippen molar-refractivity contribution in [1.29, 1.82) is 0 Å². The molecule has 0 bridgehead atoms. The highest BCUT2D eigenvalue weighted by Gasteiger charge is 2.28. The highest BCUT2D eigenvalue weighted by atomic mass is 16.4. The number of aliphatic carboxylic acids is 1. The fraction of sp³-hybridized carbons (Fsp3) is 0.370. The number of hydrogen-bond acceptors (Lipinski definition) is 4. The summed E-state index contributed by atoms with van der Waals surface area (Å²) in [6.45, 7) is 6.32. The Morgan fingerprint density at radius 1 is 1.06 bits per heavy atom. The maximum Gasteiger partial charge on any atom is 0.322 e. The van der Waals surface area contributed by atoms with Gasteiger partial charge in [0.15, 0.2) is 0 Å². The number of aromatic amines is 1. The molecular weight excluding hydrogens is 444 g/mol. The molecule has 0 radical (unpaired) electrons. The number of rotatable bonds is 9. The number of hydrogen-bond donors (Lipinski definition) is 4. The molecule has 35 heavy (non-hydrogen) atoms. The predicted molar refractivity (Wildman–Crippen MR) is 137 cm³/mol. The number of nitrogens with zero attached hydrogens (tertiary/aromatic N) is 1. The summed E-state index contributed by atoms with van der Waals surface area (Å²) in [6.07, 6.45) is 6.38. The van der Waals surface area contributed by atoms with E-state index in [0.717, 1.165) is 49.9 Å². The first kappa shape index (κ1) is 26.0. The van der Waals surface area contributed by atoms with Crippen LogP contribution in [-0.4, -0.2) is 58.5 Å². The van der Waals surface area contributed by atoms with E-state index < -0.39 is 5.97 Å². The van der Waals surface area contributed by atoms with E-state index in [0.29, 0.717) is 17.2 Å². The number of aromatic nitrogens is 1. The highest BCUT2D eigenvalue weighted by Crippen LogP contribution is 2.33. The molecule has 5 N–H and O–H groups in total. The topological polar surface area (TPSA) is 129 Å². The van der Waals surface area contributed by atoms with Crippen LogP contribution in [0, 0.1) is 0 Å². The summed E-state index contributed by atoms with van der Waals surface area (Å²) in [5.41, 5.74) is 10.3. The van der Waals surface area contributed by atoms with Gasteiger partial charge in [-0.3, -0.25) is 19.3 Å². The van der Waals surface area contributed by atoms with Gasteiger partial charge in [-0.05, 0) is 74.2 Å². The zero-order valence-electron chi connectivity index (χ0n) is 20.3. The summed E-state index contributed by atoms with van der Waals surface area (Å²) in [6, 6.07) is 12.8. The summed E-state index contributed by atoms with van der Waals surface area (Å²) < 4.78 is 0. The number of carboxylic acid groups (broad SMARTS) is 1. The van der Waals surface area contributed by atoms with Crippen LogP contribution in [0.15, 0.2) is 48.7 Å². The van der Waals surface area contributed by atoms with E-state index in [1.807, 2.05) is 12.1 Å². The van der Waals surface area contributed by atoms with Crippen molar-refractivity contribution >= 4 is 28.7 Å². The summed E-state index contributed by atoms with van der Waals surface area (Å²) in [4.78, 5) is 39.0. The van der Waals surface area contributed by atoms with E-state index >= 15 is 0 Å². The Hall–Kier alpha value is -3.65. The zero-order valence-corrected chi connectivity index (χ0v) is 20.3. The molecule has 1 aliphatic rings. The standard InChI is InChI=1S/C18H25N3O.C9H9NO3/c1-3-7-21(8-4-2)13-9-12-11-20-16-6-5-14(18(19)22)15(10-13)17(12)16;11-8(12)6-10-9(13)7-4-2-1-3-5-7/h5-6,11,13,20H,3-4,7-10H2,1-2H3,(H2,19,22);1-5H,6H2,(H,10,13)(H,11,12)/t13-;/m1./s1. The van der Waals surface area contributed by atoms with Crippen molar-refractivity contribution in [2.45, 2.75) is 45.6 Å². The first-order chi connectivity index (χ1) is 16.8. The van der Waals surface area contributed by atoms with Gasteiger partial charge < -0.3 is 21.1 Å². The fourth-order valence-corrected chi connectivity index (χ4v) is 4.69. The SMILES string of the molecule is CCCN(CCC)[C@@H]1Cc2c[nH]c3ccc(C(N)=O)c(c23)C1.O=C(O)CNC(=O)c1ccccc1. The van der Waals surface area contributed by atoms with Gasteiger partial charge in [0, 0.05) is 34.3 Å². The predicted octanol–water partition coefficient (Wildman–Crippen LogP) is 3.36. The third-order valence-corrected chi connectivity index (χ3v) is 6.17. The lowest BCUT2D eigenvalue weighted by molar-refractivity contribution is -0.135. The maximum atomic E-state index is 11.8. The molecule has 1 heterocycles. The molecule has 4 rings (SSSR count). The van der Waals surface area contributed by atoms with Gasteiger partial charge >= 0.3 is 5.97 Å². The molecule has 8 heteroatoms. The fourth-order valence-electron chi connectivity index (χ4n) is 4.69. The van der Waals surface area contributed by atoms with Gasteiger partial charge in [-0.25, -0.2) is 0 Å². The minimum atomic E-state index is -1.05. The van der Waals surface area contributed by atoms with Crippen LogP contribution in [0.1, 0.15) is 58.5 Å². The Labute approximate surface area is 205 Å². The van der Waals surface area contributed by atoms with Crippen molar-refractivity contribution < 1.29 is 19.5 Å². The minimum absolute atomic E-state index is 0.317. The van der Waals surface area contributed by atoms with Crippen LogP contribution in [-0.2, 0) is 17.6 Å². The van der Waals surface area contributed by atoms with Crippen LogP contribution in [0.3, 0.4) is 0 Å². The monoisotopic (exact) mass is 478 g/mol. The average molecular weight is 479 g/mol. The van der Waals surface area contributed by atoms with Gasteiger partial charge in [-0.15, -0.1) is 0 Å². The van der Waals surface area contributed by atoms with Crippen molar-refractivity contribution in [3.8, 4) is 0 Å². The Morgan fingerprint density at radius 3 is 2.34 bits per heavy atom. The largest absolute Gasteiger partial charge is 0.480 e. The van der Waals surface area contributed by atoms with E-state index in [9.17, 15) is 14.4 Å². The Balaban J connectivity index is 0.000000225. The van der Waals surface area contributed by atoms with Crippen molar-refractivity contribution in [2.75, 3.05) is 19.6 Å². The second-order valence-corrected chi connectivity index (χ2v) is 8.73. The van der Waals surface area contributed by atoms with Crippen LogP contribution >= 0.6 is 0 Å². The van der Waals surface area contributed by atoms with Crippen molar-refractivity contribution in [2.24, 2.45) is 5.73 Å². The Kier molecular flexibility index (Phi) is 9.03. The first-order valence-corrected chi connectivity index (χ1v) is 12.1. The second-order valence-electron chi connectivity index (χ2n) is 8.73. The molecule has 1 aliphatic carbocycles. The van der Waals surface area contributed by atoms with Crippen LogP contribution in [0.2, 0.25) is 0 Å². The number of nitrogens with one attached hydrogen (secondary N) is 2. The van der Waals surface area contributed by atoms with Crippen molar-refractivity contribution in [3.05, 3.63) is 70.9 Å². The summed E-state index contributed by atoms with van der Waals surface area (Å²) in [5, 5.41) is 11.8. The molecule has 2 aromatic carbocycles. The molecule has 0 aliphatic heterocycles. The first-order valence-electron chi connectivity index (χ1n) is 12.1. The van der Waals surface area contributed by atoms with E-state index in [1.165, 1.54) is 10.9 Å².